The van der Waals surface area contributed by atoms with Crippen molar-refractivity contribution in [2.75, 3.05) is 31.3 Å². The van der Waals surface area contributed by atoms with Gasteiger partial charge in [-0.3, -0.25) is 4.79 Å². The van der Waals surface area contributed by atoms with Crippen molar-refractivity contribution in [1.29, 1.82) is 0 Å². The topological polar surface area (TPSA) is 101 Å². The molecule has 1 aliphatic rings. The molecule has 0 radical (unpaired) electrons. The van der Waals surface area contributed by atoms with Crippen LogP contribution in [0, 0.1) is 5.92 Å². The van der Waals surface area contributed by atoms with Crippen LogP contribution in [0.2, 0.25) is 0 Å². The summed E-state index contributed by atoms with van der Waals surface area (Å²) in [6, 6.07) is 17.4. The number of carbonyl (C=O) groups excluding carboxylic acids is 1. The van der Waals surface area contributed by atoms with Gasteiger partial charge in [-0.05, 0) is 55.5 Å². The molecule has 2 heterocycles. The molecule has 0 bridgehead atoms. The smallest absolute Gasteiger partial charge is 0.229 e. The molecule has 0 aliphatic carbocycles. The number of hydrogen-bond donors (Lipinski definition) is 1. The number of aromatic nitrogens is 2. The number of amides is 1. The minimum atomic E-state index is -3.32. The quantitative estimate of drug-likeness (QED) is 0.479. The highest BCUT2D eigenvalue weighted by Gasteiger charge is 2.31. The molecule has 1 aromatic heterocycles. The third-order valence-electron chi connectivity index (χ3n) is 5.92. The average Bonchev–Trinajstić information content (AvgIpc) is 3.33. The van der Waals surface area contributed by atoms with Crippen molar-refractivity contribution in [3.63, 3.8) is 0 Å². The molecule has 180 valence electrons. The number of anilines is 1. The number of sulfonamides is 1. The van der Waals surface area contributed by atoms with Crippen molar-refractivity contribution in [2.45, 2.75) is 25.7 Å². The zero-order valence-electron chi connectivity index (χ0n) is 19.0. The SMILES string of the molecule is COc1ccc(-c2nnc(NC(=O)C3CCN(S(=O)(=O)CCCc4ccccc4)CC3)s2)cc1. The van der Waals surface area contributed by atoms with Gasteiger partial charge < -0.3 is 10.1 Å². The van der Waals surface area contributed by atoms with Crippen LogP contribution >= 0.6 is 11.3 Å². The fraction of sp³-hybridized carbons (Fsp3) is 0.375. The van der Waals surface area contributed by atoms with Gasteiger partial charge in [0.1, 0.15) is 10.8 Å². The van der Waals surface area contributed by atoms with Crippen LogP contribution in [0.5, 0.6) is 5.75 Å². The third-order valence-corrected chi connectivity index (χ3v) is 8.77. The maximum atomic E-state index is 12.7. The first-order valence-corrected chi connectivity index (χ1v) is 13.7. The standard InChI is InChI=1S/C24H28N4O4S2/c1-32-21-11-9-20(10-12-21)23-26-27-24(33-23)25-22(29)19-13-15-28(16-14-19)34(30,31)17-5-8-18-6-3-2-4-7-18/h2-4,6-7,9-12,19H,5,8,13-17H2,1H3,(H,25,27,29). The number of rotatable bonds is 9. The van der Waals surface area contributed by atoms with Crippen LogP contribution in [0.25, 0.3) is 10.6 Å². The normalized spacial score (nSPS) is 15.2. The molecular weight excluding hydrogens is 472 g/mol. The molecule has 1 N–H and O–H groups in total. The van der Waals surface area contributed by atoms with Crippen molar-refractivity contribution in [2.24, 2.45) is 5.92 Å². The van der Waals surface area contributed by atoms with Gasteiger partial charge in [0.25, 0.3) is 0 Å². The Kier molecular flexibility index (Phi) is 7.91. The number of methoxy groups -OCH3 is 1. The fourth-order valence-corrected chi connectivity index (χ4v) is 6.25. The Bertz CT molecular complexity index is 1190. The number of carbonyl (C=O) groups is 1. The number of piperidine rings is 1. The molecule has 1 saturated heterocycles. The number of nitrogens with zero attached hydrogens (tertiary/aromatic N) is 3. The van der Waals surface area contributed by atoms with E-state index < -0.39 is 10.0 Å². The molecule has 1 amide bonds. The molecule has 10 heteroatoms. The van der Waals surface area contributed by atoms with E-state index in [-0.39, 0.29) is 17.6 Å². The predicted octanol–water partition coefficient (Wildman–Crippen LogP) is 3.83. The average molecular weight is 501 g/mol. The number of nitrogens with one attached hydrogen (secondary N) is 1. The summed E-state index contributed by atoms with van der Waals surface area (Å²) in [6.07, 6.45) is 2.31. The summed E-state index contributed by atoms with van der Waals surface area (Å²) in [5.74, 6) is 0.492. The fourth-order valence-electron chi connectivity index (χ4n) is 3.96. The van der Waals surface area contributed by atoms with Gasteiger partial charge in [0, 0.05) is 24.6 Å². The minimum absolute atomic E-state index is 0.123. The Hall–Kier alpha value is -2.82. The second-order valence-electron chi connectivity index (χ2n) is 8.21. The molecule has 1 fully saturated rings. The lowest BCUT2D eigenvalue weighted by molar-refractivity contribution is -0.120. The summed E-state index contributed by atoms with van der Waals surface area (Å²) < 4.78 is 32.1. The first-order valence-electron chi connectivity index (χ1n) is 11.2. The van der Waals surface area contributed by atoms with Gasteiger partial charge in [0.05, 0.1) is 12.9 Å². The van der Waals surface area contributed by atoms with E-state index in [0.29, 0.717) is 42.5 Å². The van der Waals surface area contributed by atoms with E-state index in [1.807, 2.05) is 54.6 Å². The first-order chi connectivity index (χ1) is 16.4. The Morgan fingerprint density at radius 2 is 1.79 bits per heavy atom. The van der Waals surface area contributed by atoms with Gasteiger partial charge in [-0.2, -0.15) is 0 Å². The van der Waals surface area contributed by atoms with Crippen molar-refractivity contribution in [3.05, 3.63) is 60.2 Å². The summed E-state index contributed by atoms with van der Waals surface area (Å²) in [7, 11) is -1.71. The van der Waals surface area contributed by atoms with E-state index in [4.69, 9.17) is 4.74 Å². The summed E-state index contributed by atoms with van der Waals surface area (Å²) in [6.45, 7) is 0.720. The van der Waals surface area contributed by atoms with Crippen LogP contribution in [-0.4, -0.2) is 54.8 Å². The minimum Gasteiger partial charge on any atom is -0.497 e. The lowest BCUT2D eigenvalue weighted by Crippen LogP contribution is -2.42. The van der Waals surface area contributed by atoms with Crippen LogP contribution in [0.3, 0.4) is 0 Å². The maximum Gasteiger partial charge on any atom is 0.229 e. The Balaban J connectivity index is 1.25. The van der Waals surface area contributed by atoms with E-state index >= 15 is 0 Å². The van der Waals surface area contributed by atoms with E-state index in [1.165, 1.54) is 15.6 Å². The van der Waals surface area contributed by atoms with Crippen LogP contribution < -0.4 is 10.1 Å². The second kappa shape index (κ2) is 11.1. The highest BCUT2D eigenvalue weighted by Crippen LogP contribution is 2.29. The molecule has 1 aliphatic heterocycles. The number of benzene rings is 2. The maximum absolute atomic E-state index is 12.7. The Labute approximate surface area is 204 Å². The third kappa shape index (κ3) is 6.19. The molecule has 0 atom stereocenters. The number of hydrogen-bond acceptors (Lipinski definition) is 7. The molecule has 4 rings (SSSR count). The summed E-state index contributed by atoms with van der Waals surface area (Å²) >= 11 is 1.30. The predicted molar refractivity (Wildman–Crippen MR) is 133 cm³/mol. The lowest BCUT2D eigenvalue weighted by Gasteiger charge is -2.30. The number of aryl methyl sites for hydroxylation is 1. The monoisotopic (exact) mass is 500 g/mol. The second-order valence-corrected chi connectivity index (χ2v) is 11.3. The van der Waals surface area contributed by atoms with E-state index in [1.54, 1.807) is 7.11 Å². The zero-order valence-corrected chi connectivity index (χ0v) is 20.6. The highest BCUT2D eigenvalue weighted by molar-refractivity contribution is 7.89. The van der Waals surface area contributed by atoms with Crippen LogP contribution in [0.4, 0.5) is 5.13 Å². The van der Waals surface area contributed by atoms with Gasteiger partial charge in [-0.25, -0.2) is 12.7 Å². The summed E-state index contributed by atoms with van der Waals surface area (Å²) in [4.78, 5) is 12.7. The van der Waals surface area contributed by atoms with Gasteiger partial charge in [0.15, 0.2) is 0 Å². The molecule has 8 nitrogen and oxygen atoms in total. The van der Waals surface area contributed by atoms with Crippen LogP contribution in [0.1, 0.15) is 24.8 Å². The molecule has 3 aromatic rings. The van der Waals surface area contributed by atoms with Crippen molar-refractivity contribution < 1.29 is 17.9 Å². The molecule has 2 aromatic carbocycles. The van der Waals surface area contributed by atoms with Crippen LogP contribution in [-0.2, 0) is 21.2 Å². The van der Waals surface area contributed by atoms with Crippen molar-refractivity contribution in [3.8, 4) is 16.3 Å². The molecule has 0 saturated carbocycles. The Morgan fingerprint density at radius 3 is 2.47 bits per heavy atom. The first kappa shape index (κ1) is 24.3. The van der Waals surface area contributed by atoms with Crippen LogP contribution in [0.15, 0.2) is 54.6 Å². The largest absolute Gasteiger partial charge is 0.497 e. The number of ether oxygens (including phenoxy) is 1. The van der Waals surface area contributed by atoms with Gasteiger partial charge in [-0.15, -0.1) is 10.2 Å². The van der Waals surface area contributed by atoms with Gasteiger partial charge >= 0.3 is 0 Å². The molecule has 34 heavy (non-hydrogen) atoms. The molecule has 0 spiro atoms. The lowest BCUT2D eigenvalue weighted by atomic mass is 9.97. The van der Waals surface area contributed by atoms with E-state index in [0.717, 1.165) is 23.3 Å². The van der Waals surface area contributed by atoms with Crippen molar-refractivity contribution >= 4 is 32.4 Å². The summed E-state index contributed by atoms with van der Waals surface area (Å²) in [5.41, 5.74) is 2.03. The van der Waals surface area contributed by atoms with Crippen molar-refractivity contribution in [1.82, 2.24) is 14.5 Å². The van der Waals surface area contributed by atoms with Gasteiger partial charge in [-0.1, -0.05) is 41.7 Å². The molecule has 0 unspecified atom stereocenters. The molecular formula is C24H28N4O4S2. The zero-order chi connectivity index (χ0) is 24.0. The van der Waals surface area contributed by atoms with E-state index in [2.05, 4.69) is 15.5 Å². The highest BCUT2D eigenvalue weighted by atomic mass is 32.2. The summed E-state index contributed by atoms with van der Waals surface area (Å²) in [5, 5.41) is 12.2. The van der Waals surface area contributed by atoms with Gasteiger partial charge in [0.2, 0.25) is 21.1 Å². The van der Waals surface area contributed by atoms with E-state index in [9.17, 15) is 13.2 Å². The Morgan fingerprint density at radius 1 is 1.09 bits per heavy atom.